The van der Waals surface area contributed by atoms with E-state index in [9.17, 15) is 4.21 Å². The van der Waals surface area contributed by atoms with E-state index in [-0.39, 0.29) is 0 Å². The Morgan fingerprint density at radius 2 is 2.00 bits per heavy atom. The van der Waals surface area contributed by atoms with Gasteiger partial charge in [0.25, 0.3) is 0 Å². The normalized spacial score (nSPS) is 22.3. The van der Waals surface area contributed by atoms with Crippen LogP contribution in [0.5, 0.6) is 0 Å². The molecule has 0 saturated heterocycles. The third-order valence-corrected chi connectivity index (χ3v) is 3.04. The molecule has 2 heteroatoms. The fourth-order valence-corrected chi connectivity index (χ4v) is 2.15. The van der Waals surface area contributed by atoms with Crippen molar-refractivity contribution in [3.05, 3.63) is 30.9 Å². The first kappa shape index (κ1) is 9.24. The standard InChI is InChI=1S/C9H13OS/c1-2-3-8-11(10)9-6-4-5-7-9/h4-7H,2-3,8H2,1H3/t11-/m1/s1. The van der Waals surface area contributed by atoms with Crippen molar-refractivity contribution in [2.75, 3.05) is 5.75 Å². The molecule has 0 N–H and O–H groups in total. The van der Waals surface area contributed by atoms with Crippen LogP contribution in [0.15, 0.2) is 0 Å². The van der Waals surface area contributed by atoms with Crippen LogP contribution in [-0.2, 0) is 10.8 Å². The van der Waals surface area contributed by atoms with Crippen molar-refractivity contribution in [3.8, 4) is 0 Å². The summed E-state index contributed by atoms with van der Waals surface area (Å²) in [6.45, 7) is 2.11. The predicted octanol–water partition coefficient (Wildman–Crippen LogP) is 1.90. The molecule has 0 heterocycles. The quantitative estimate of drug-likeness (QED) is 0.628. The zero-order valence-corrected chi connectivity index (χ0v) is 7.56. The Hall–Kier alpha value is 0.150. The number of hydrogen-bond acceptors (Lipinski definition) is 1. The molecule has 61 valence electrons. The molecule has 1 rings (SSSR count). The minimum Gasteiger partial charge on any atom is -0.259 e. The Balaban J connectivity index is 2.17. The largest absolute Gasteiger partial charge is 0.259 e. The third kappa shape index (κ3) is 2.94. The third-order valence-electron chi connectivity index (χ3n) is 1.58. The highest BCUT2D eigenvalue weighted by atomic mass is 32.2. The summed E-state index contributed by atoms with van der Waals surface area (Å²) >= 11 is 0. The molecule has 1 aliphatic rings. The van der Waals surface area contributed by atoms with Gasteiger partial charge in [-0.25, -0.2) is 0 Å². The first-order valence-electron chi connectivity index (χ1n) is 3.94. The molecule has 0 aromatic rings. The van der Waals surface area contributed by atoms with Gasteiger partial charge in [0.15, 0.2) is 0 Å². The van der Waals surface area contributed by atoms with E-state index in [4.69, 9.17) is 0 Å². The van der Waals surface area contributed by atoms with Crippen LogP contribution in [0.1, 0.15) is 19.8 Å². The summed E-state index contributed by atoms with van der Waals surface area (Å²) < 4.78 is 11.4. The van der Waals surface area contributed by atoms with Crippen molar-refractivity contribution in [3.63, 3.8) is 0 Å². The number of rotatable bonds is 4. The zero-order valence-electron chi connectivity index (χ0n) is 6.75. The number of hydrogen-bond donors (Lipinski definition) is 0. The van der Waals surface area contributed by atoms with Crippen LogP contribution in [0, 0.1) is 30.9 Å². The van der Waals surface area contributed by atoms with Gasteiger partial charge in [-0.2, -0.15) is 0 Å². The molecule has 0 aromatic heterocycles. The van der Waals surface area contributed by atoms with Crippen molar-refractivity contribution in [1.29, 1.82) is 0 Å². The van der Waals surface area contributed by atoms with E-state index in [0.717, 1.165) is 23.8 Å². The highest BCUT2D eigenvalue weighted by Gasteiger charge is 2.22. The van der Waals surface area contributed by atoms with Gasteiger partial charge in [0.1, 0.15) is 0 Å². The van der Waals surface area contributed by atoms with E-state index in [1.165, 1.54) is 0 Å². The van der Waals surface area contributed by atoms with Crippen molar-refractivity contribution in [2.24, 2.45) is 0 Å². The van der Waals surface area contributed by atoms with E-state index in [1.807, 2.05) is 25.7 Å². The summed E-state index contributed by atoms with van der Waals surface area (Å²) in [4.78, 5) is 0. The SMILES string of the molecule is CCCC[S@@](=O)[C]1[CH][CH][CH][CH]1. The summed E-state index contributed by atoms with van der Waals surface area (Å²) in [5.74, 6) is 0.806. The van der Waals surface area contributed by atoms with Crippen molar-refractivity contribution < 1.29 is 4.21 Å². The monoisotopic (exact) mass is 169 g/mol. The summed E-state index contributed by atoms with van der Waals surface area (Å²) in [6.07, 6.45) is 9.88. The van der Waals surface area contributed by atoms with Gasteiger partial charge >= 0.3 is 0 Å². The number of unbranched alkanes of at least 4 members (excludes halogenated alkanes) is 1. The van der Waals surface area contributed by atoms with Crippen LogP contribution >= 0.6 is 0 Å². The lowest BCUT2D eigenvalue weighted by atomic mass is 10.4. The molecule has 1 aliphatic carbocycles. The summed E-state index contributed by atoms with van der Waals surface area (Å²) in [7, 11) is -0.752. The van der Waals surface area contributed by atoms with Crippen LogP contribution in [-0.4, -0.2) is 9.96 Å². The Morgan fingerprint density at radius 1 is 1.36 bits per heavy atom. The maximum atomic E-state index is 11.4. The lowest BCUT2D eigenvalue weighted by molar-refractivity contribution is 0.681. The average molecular weight is 169 g/mol. The Kier molecular flexibility index (Phi) is 4.13. The smallest absolute Gasteiger partial charge is 0.0704 e. The fourth-order valence-electron chi connectivity index (χ4n) is 0.901. The summed E-state index contributed by atoms with van der Waals surface area (Å²) in [6, 6.07) is 0. The van der Waals surface area contributed by atoms with Crippen molar-refractivity contribution >= 4 is 10.8 Å². The summed E-state index contributed by atoms with van der Waals surface area (Å²) in [5.41, 5.74) is 0. The lowest BCUT2D eigenvalue weighted by Gasteiger charge is -2.05. The summed E-state index contributed by atoms with van der Waals surface area (Å²) in [5, 5.41) is 0.971. The molecular weight excluding hydrogens is 156 g/mol. The Labute approximate surface area is 72.0 Å². The second kappa shape index (κ2) is 4.91. The second-order valence-electron chi connectivity index (χ2n) is 2.52. The second-order valence-corrected chi connectivity index (χ2v) is 4.09. The molecule has 1 saturated carbocycles. The van der Waals surface area contributed by atoms with Gasteiger partial charge in [-0.05, 0) is 32.1 Å². The van der Waals surface area contributed by atoms with Gasteiger partial charge in [0.2, 0.25) is 0 Å². The topological polar surface area (TPSA) is 17.1 Å². The maximum Gasteiger partial charge on any atom is 0.0704 e. The Bertz CT molecular complexity index is 128. The molecule has 0 spiro atoms. The average Bonchev–Trinajstić information content (AvgIpc) is 2.52. The molecule has 1 nitrogen and oxygen atoms in total. The lowest BCUT2D eigenvalue weighted by Crippen LogP contribution is -2.06. The van der Waals surface area contributed by atoms with E-state index >= 15 is 0 Å². The molecule has 0 bridgehead atoms. The predicted molar refractivity (Wildman–Crippen MR) is 48.4 cm³/mol. The Morgan fingerprint density at radius 3 is 2.55 bits per heavy atom. The van der Waals surface area contributed by atoms with Crippen molar-refractivity contribution in [1.82, 2.24) is 0 Å². The van der Waals surface area contributed by atoms with Crippen LogP contribution in [0.25, 0.3) is 0 Å². The van der Waals surface area contributed by atoms with E-state index in [1.54, 1.807) is 0 Å². The molecule has 1 atom stereocenters. The van der Waals surface area contributed by atoms with Gasteiger partial charge in [-0.3, -0.25) is 4.21 Å². The van der Waals surface area contributed by atoms with Gasteiger partial charge in [-0.1, -0.05) is 13.3 Å². The highest BCUT2D eigenvalue weighted by Crippen LogP contribution is 2.26. The highest BCUT2D eigenvalue weighted by molar-refractivity contribution is 7.88. The van der Waals surface area contributed by atoms with Gasteiger partial charge in [-0.15, -0.1) is 0 Å². The molecule has 5 radical (unpaired) electrons. The molecule has 0 aliphatic heterocycles. The first-order valence-corrected chi connectivity index (χ1v) is 5.26. The molecule has 0 unspecified atom stereocenters. The minimum absolute atomic E-state index is 0.752. The minimum atomic E-state index is -0.752. The maximum absolute atomic E-state index is 11.4. The van der Waals surface area contributed by atoms with Crippen molar-refractivity contribution in [2.45, 2.75) is 19.8 Å². The zero-order chi connectivity index (χ0) is 8.10. The van der Waals surface area contributed by atoms with Gasteiger partial charge < -0.3 is 0 Å². The fraction of sp³-hybridized carbons (Fsp3) is 0.444. The van der Waals surface area contributed by atoms with Crippen LogP contribution in [0.4, 0.5) is 0 Å². The molecule has 1 fully saturated rings. The molecule has 0 aromatic carbocycles. The van der Waals surface area contributed by atoms with Gasteiger partial charge in [0, 0.05) is 16.6 Å². The van der Waals surface area contributed by atoms with E-state index in [0.29, 0.717) is 0 Å². The van der Waals surface area contributed by atoms with E-state index in [2.05, 4.69) is 6.92 Å². The van der Waals surface area contributed by atoms with Crippen LogP contribution in [0.2, 0.25) is 0 Å². The van der Waals surface area contributed by atoms with Crippen LogP contribution < -0.4 is 0 Å². The van der Waals surface area contributed by atoms with E-state index < -0.39 is 10.8 Å². The molecule has 0 amide bonds. The van der Waals surface area contributed by atoms with Crippen LogP contribution in [0.3, 0.4) is 0 Å². The van der Waals surface area contributed by atoms with Gasteiger partial charge in [0.05, 0.1) is 5.25 Å². The first-order chi connectivity index (χ1) is 5.34. The molecule has 11 heavy (non-hydrogen) atoms. The molecular formula is C9H13OS.